The number of benzene rings is 1. The minimum Gasteiger partial charge on any atom is -0.497 e. The zero-order valence-corrected chi connectivity index (χ0v) is 11.2. The first-order valence-electron chi connectivity index (χ1n) is 6.07. The van der Waals surface area contributed by atoms with Gasteiger partial charge in [-0.05, 0) is 23.6 Å². The number of carbonyl (C=O) groups excluding carboxylic acids is 1. The van der Waals surface area contributed by atoms with Crippen molar-refractivity contribution in [2.75, 3.05) is 13.7 Å². The van der Waals surface area contributed by atoms with Crippen LogP contribution in [0, 0.1) is 5.92 Å². The highest BCUT2D eigenvalue weighted by molar-refractivity contribution is 5.72. The molecule has 18 heavy (non-hydrogen) atoms. The van der Waals surface area contributed by atoms with Crippen LogP contribution in [0.25, 0.3) is 0 Å². The molecule has 0 heterocycles. The van der Waals surface area contributed by atoms with Gasteiger partial charge in [0.25, 0.3) is 0 Å². The number of carbonyl (C=O) groups is 1. The van der Waals surface area contributed by atoms with Crippen LogP contribution in [0.4, 0.5) is 0 Å². The van der Waals surface area contributed by atoms with Crippen molar-refractivity contribution in [1.82, 2.24) is 0 Å². The summed E-state index contributed by atoms with van der Waals surface area (Å²) >= 11 is 0. The summed E-state index contributed by atoms with van der Waals surface area (Å²) in [5.74, 6) is 1.05. The van der Waals surface area contributed by atoms with Gasteiger partial charge in [-0.2, -0.15) is 0 Å². The lowest BCUT2D eigenvalue weighted by Crippen LogP contribution is -2.08. The van der Waals surface area contributed by atoms with Gasteiger partial charge in [0.2, 0.25) is 0 Å². The molecule has 0 atom stereocenters. The predicted octanol–water partition coefficient (Wildman–Crippen LogP) is 2.99. The maximum Gasteiger partial charge on any atom is 0.310 e. The van der Waals surface area contributed by atoms with E-state index in [-0.39, 0.29) is 5.97 Å². The molecule has 1 aromatic rings. The summed E-state index contributed by atoms with van der Waals surface area (Å²) in [6, 6.07) is 7.40. The van der Waals surface area contributed by atoms with Gasteiger partial charge in [0, 0.05) is 0 Å². The van der Waals surface area contributed by atoms with E-state index in [1.807, 2.05) is 36.4 Å². The molecule has 0 spiro atoms. The maximum absolute atomic E-state index is 11.5. The summed E-state index contributed by atoms with van der Waals surface area (Å²) in [5.41, 5.74) is 0.925. The largest absolute Gasteiger partial charge is 0.497 e. The first kappa shape index (κ1) is 14.3. The maximum atomic E-state index is 11.5. The Morgan fingerprint density at radius 1 is 1.28 bits per heavy atom. The van der Waals surface area contributed by atoms with E-state index < -0.39 is 0 Å². The second-order valence-electron chi connectivity index (χ2n) is 4.38. The van der Waals surface area contributed by atoms with E-state index in [1.165, 1.54) is 0 Å². The van der Waals surface area contributed by atoms with Gasteiger partial charge in [-0.3, -0.25) is 4.79 Å². The number of rotatable bonds is 6. The molecule has 0 unspecified atom stereocenters. The summed E-state index contributed by atoms with van der Waals surface area (Å²) in [6.07, 6.45) is 4.18. The Balaban J connectivity index is 2.35. The Bertz CT molecular complexity index is 391. The topological polar surface area (TPSA) is 35.5 Å². The van der Waals surface area contributed by atoms with Crippen LogP contribution in [0.5, 0.6) is 5.75 Å². The lowest BCUT2D eigenvalue weighted by atomic mass is 10.1. The number of hydrogen-bond donors (Lipinski definition) is 0. The Morgan fingerprint density at radius 3 is 2.50 bits per heavy atom. The van der Waals surface area contributed by atoms with Gasteiger partial charge in [-0.15, -0.1) is 0 Å². The number of esters is 1. The monoisotopic (exact) mass is 248 g/mol. The van der Waals surface area contributed by atoms with Crippen molar-refractivity contribution in [3.8, 4) is 5.75 Å². The van der Waals surface area contributed by atoms with Gasteiger partial charge < -0.3 is 9.47 Å². The van der Waals surface area contributed by atoms with Crippen molar-refractivity contribution < 1.29 is 14.3 Å². The second-order valence-corrected chi connectivity index (χ2v) is 4.38. The smallest absolute Gasteiger partial charge is 0.310 e. The van der Waals surface area contributed by atoms with E-state index in [2.05, 4.69) is 13.8 Å². The standard InChI is InChI=1S/C15H20O3/c1-12(2)5-4-10-18-15(16)11-13-6-8-14(17-3)9-7-13/h4-9,12H,10-11H2,1-3H3/b5-4+. The van der Waals surface area contributed by atoms with Crippen LogP contribution in [0.2, 0.25) is 0 Å². The molecular weight excluding hydrogens is 228 g/mol. The highest BCUT2D eigenvalue weighted by Crippen LogP contribution is 2.11. The normalized spacial score (nSPS) is 10.9. The lowest BCUT2D eigenvalue weighted by molar-refractivity contribution is -0.141. The fourth-order valence-electron chi connectivity index (χ4n) is 1.43. The molecule has 0 saturated heterocycles. The van der Waals surface area contributed by atoms with Crippen molar-refractivity contribution in [2.24, 2.45) is 5.92 Å². The summed E-state index contributed by atoms with van der Waals surface area (Å²) in [7, 11) is 1.62. The van der Waals surface area contributed by atoms with E-state index in [0.29, 0.717) is 18.9 Å². The van der Waals surface area contributed by atoms with Crippen LogP contribution >= 0.6 is 0 Å². The SMILES string of the molecule is COc1ccc(CC(=O)OC/C=C/C(C)C)cc1. The minimum absolute atomic E-state index is 0.214. The minimum atomic E-state index is -0.214. The van der Waals surface area contributed by atoms with Gasteiger partial charge in [-0.1, -0.05) is 38.1 Å². The molecule has 1 aromatic carbocycles. The molecule has 3 nitrogen and oxygen atoms in total. The molecule has 0 saturated carbocycles. The van der Waals surface area contributed by atoms with Crippen LogP contribution in [-0.2, 0) is 16.0 Å². The van der Waals surface area contributed by atoms with Crippen LogP contribution in [0.1, 0.15) is 19.4 Å². The average molecular weight is 248 g/mol. The van der Waals surface area contributed by atoms with E-state index >= 15 is 0 Å². The van der Waals surface area contributed by atoms with Gasteiger partial charge in [-0.25, -0.2) is 0 Å². The zero-order valence-electron chi connectivity index (χ0n) is 11.2. The molecule has 1 rings (SSSR count). The van der Waals surface area contributed by atoms with Crippen molar-refractivity contribution in [3.05, 3.63) is 42.0 Å². The third-order valence-corrected chi connectivity index (χ3v) is 2.37. The van der Waals surface area contributed by atoms with E-state index in [9.17, 15) is 4.79 Å². The van der Waals surface area contributed by atoms with Gasteiger partial charge in [0.1, 0.15) is 12.4 Å². The predicted molar refractivity (Wildman–Crippen MR) is 71.6 cm³/mol. The Kier molecular flexibility index (Phi) is 5.98. The first-order chi connectivity index (χ1) is 8.61. The van der Waals surface area contributed by atoms with Crippen molar-refractivity contribution >= 4 is 5.97 Å². The van der Waals surface area contributed by atoms with Crippen molar-refractivity contribution in [1.29, 1.82) is 0 Å². The summed E-state index contributed by atoms with van der Waals surface area (Å²) in [6.45, 7) is 4.50. The molecule has 0 amide bonds. The van der Waals surface area contributed by atoms with E-state index in [1.54, 1.807) is 7.11 Å². The third-order valence-electron chi connectivity index (χ3n) is 2.37. The molecule has 0 aliphatic heterocycles. The highest BCUT2D eigenvalue weighted by Gasteiger charge is 2.03. The molecule has 0 fully saturated rings. The summed E-state index contributed by atoms with van der Waals surface area (Å²) in [4.78, 5) is 11.5. The molecule has 98 valence electrons. The number of ether oxygens (including phenoxy) is 2. The van der Waals surface area contributed by atoms with Crippen molar-refractivity contribution in [2.45, 2.75) is 20.3 Å². The third kappa shape index (κ3) is 5.53. The second kappa shape index (κ2) is 7.54. The van der Waals surface area contributed by atoms with Crippen LogP contribution in [0.3, 0.4) is 0 Å². The fourth-order valence-corrected chi connectivity index (χ4v) is 1.43. The first-order valence-corrected chi connectivity index (χ1v) is 6.07. The molecule has 0 aliphatic rings. The molecule has 0 aliphatic carbocycles. The molecule has 3 heteroatoms. The Hall–Kier alpha value is -1.77. The Morgan fingerprint density at radius 2 is 1.94 bits per heavy atom. The average Bonchev–Trinajstić information content (AvgIpc) is 2.35. The van der Waals surface area contributed by atoms with E-state index in [4.69, 9.17) is 9.47 Å². The summed E-state index contributed by atoms with van der Waals surface area (Å²) < 4.78 is 10.1. The molecular formula is C15H20O3. The fraction of sp³-hybridized carbons (Fsp3) is 0.400. The Labute approximate surface area is 108 Å². The molecule has 0 N–H and O–H groups in total. The molecule has 0 radical (unpaired) electrons. The van der Waals surface area contributed by atoms with Crippen molar-refractivity contribution in [3.63, 3.8) is 0 Å². The summed E-state index contributed by atoms with van der Waals surface area (Å²) in [5, 5.41) is 0. The highest BCUT2D eigenvalue weighted by atomic mass is 16.5. The number of hydrogen-bond acceptors (Lipinski definition) is 3. The molecule has 0 bridgehead atoms. The molecule has 0 aromatic heterocycles. The quantitative estimate of drug-likeness (QED) is 0.573. The number of allylic oxidation sites excluding steroid dienone is 1. The van der Waals surface area contributed by atoms with Gasteiger partial charge in [0.15, 0.2) is 0 Å². The number of methoxy groups -OCH3 is 1. The van der Waals surface area contributed by atoms with Crippen LogP contribution in [0.15, 0.2) is 36.4 Å². The van der Waals surface area contributed by atoms with Gasteiger partial charge in [0.05, 0.1) is 13.5 Å². The van der Waals surface area contributed by atoms with E-state index in [0.717, 1.165) is 11.3 Å². The van der Waals surface area contributed by atoms with Crippen LogP contribution in [-0.4, -0.2) is 19.7 Å². The van der Waals surface area contributed by atoms with Gasteiger partial charge >= 0.3 is 5.97 Å². The zero-order chi connectivity index (χ0) is 13.4. The lowest BCUT2D eigenvalue weighted by Gasteiger charge is -2.04. The van der Waals surface area contributed by atoms with Crippen LogP contribution < -0.4 is 4.74 Å².